The zero-order chi connectivity index (χ0) is 10.6. The maximum absolute atomic E-state index is 11.2. The van der Waals surface area contributed by atoms with Crippen molar-refractivity contribution in [3.63, 3.8) is 0 Å². The second-order valence-electron chi connectivity index (χ2n) is 2.70. The van der Waals surface area contributed by atoms with Crippen LogP contribution >= 0.6 is 11.3 Å². The Morgan fingerprint density at radius 1 is 1.79 bits per heavy atom. The molecule has 4 heteroatoms. The molecule has 1 aromatic rings. The van der Waals surface area contributed by atoms with E-state index in [1.54, 1.807) is 18.4 Å². The van der Waals surface area contributed by atoms with Crippen molar-refractivity contribution in [3.05, 3.63) is 34.5 Å². The van der Waals surface area contributed by atoms with Gasteiger partial charge >= 0.3 is 5.97 Å². The molecule has 1 rings (SSSR count). The first-order valence-corrected chi connectivity index (χ1v) is 5.17. The molecule has 0 unspecified atom stereocenters. The average Bonchev–Trinajstić information content (AvgIpc) is 2.68. The lowest BCUT2D eigenvalue weighted by Crippen LogP contribution is -2.13. The number of carbonyl (C=O) groups is 1. The minimum Gasteiger partial charge on any atom is -0.463 e. The van der Waals surface area contributed by atoms with Crippen molar-refractivity contribution in [1.29, 1.82) is 0 Å². The topological polar surface area (TPSA) is 46.5 Å². The van der Waals surface area contributed by atoms with Gasteiger partial charge in [-0.1, -0.05) is 6.58 Å². The maximum Gasteiger partial charge on any atom is 0.336 e. The van der Waals surface area contributed by atoms with Gasteiger partial charge < -0.3 is 9.84 Å². The van der Waals surface area contributed by atoms with Gasteiger partial charge in [-0.2, -0.15) is 11.3 Å². The smallest absolute Gasteiger partial charge is 0.336 e. The predicted molar refractivity (Wildman–Crippen MR) is 55.1 cm³/mol. The molecule has 0 amide bonds. The van der Waals surface area contributed by atoms with E-state index in [2.05, 4.69) is 6.58 Å². The molecule has 1 atom stereocenters. The maximum atomic E-state index is 11.2. The van der Waals surface area contributed by atoms with Crippen LogP contribution in [0.15, 0.2) is 29.0 Å². The number of aliphatic hydroxyl groups is 1. The van der Waals surface area contributed by atoms with Crippen molar-refractivity contribution < 1.29 is 14.6 Å². The molecule has 0 radical (unpaired) electrons. The van der Waals surface area contributed by atoms with Gasteiger partial charge in [-0.05, 0) is 29.3 Å². The molecule has 0 aliphatic heterocycles. The Hall–Kier alpha value is -1.13. The van der Waals surface area contributed by atoms with Crippen molar-refractivity contribution in [2.24, 2.45) is 0 Å². The van der Waals surface area contributed by atoms with Crippen molar-refractivity contribution in [3.8, 4) is 0 Å². The lowest BCUT2D eigenvalue weighted by atomic mass is 10.1. The third-order valence-electron chi connectivity index (χ3n) is 1.73. The molecule has 0 aromatic carbocycles. The molecule has 76 valence electrons. The van der Waals surface area contributed by atoms with Gasteiger partial charge in [-0.15, -0.1) is 0 Å². The Kier molecular flexibility index (Phi) is 3.85. The number of hydrogen-bond donors (Lipinski definition) is 1. The molecule has 1 aromatic heterocycles. The summed E-state index contributed by atoms with van der Waals surface area (Å²) in [5.41, 5.74) is 0.748. The van der Waals surface area contributed by atoms with E-state index in [4.69, 9.17) is 4.74 Å². The molecule has 0 bridgehead atoms. The number of rotatable bonds is 4. The summed E-state index contributed by atoms with van der Waals surface area (Å²) in [4.78, 5) is 11.2. The van der Waals surface area contributed by atoms with Gasteiger partial charge in [0.25, 0.3) is 0 Å². The highest BCUT2D eigenvalue weighted by Crippen LogP contribution is 2.23. The number of hydrogen-bond acceptors (Lipinski definition) is 4. The van der Waals surface area contributed by atoms with E-state index < -0.39 is 12.1 Å². The van der Waals surface area contributed by atoms with E-state index in [1.807, 2.05) is 5.38 Å². The fraction of sp³-hybridized carbons (Fsp3) is 0.300. The third-order valence-corrected chi connectivity index (χ3v) is 2.43. The normalized spacial score (nSPS) is 12.1. The van der Waals surface area contributed by atoms with Crippen LogP contribution in [0.3, 0.4) is 0 Å². The molecule has 1 N–H and O–H groups in total. The van der Waals surface area contributed by atoms with Crippen LogP contribution in [-0.2, 0) is 9.53 Å². The summed E-state index contributed by atoms with van der Waals surface area (Å²) in [5.74, 6) is -0.550. The van der Waals surface area contributed by atoms with Crippen LogP contribution in [0.4, 0.5) is 0 Å². The van der Waals surface area contributed by atoms with Gasteiger partial charge in [-0.25, -0.2) is 4.79 Å². The van der Waals surface area contributed by atoms with Crippen molar-refractivity contribution in [2.75, 3.05) is 6.61 Å². The molecule has 0 aliphatic carbocycles. The molecule has 0 fully saturated rings. The summed E-state index contributed by atoms with van der Waals surface area (Å²) < 4.78 is 4.73. The van der Waals surface area contributed by atoms with Crippen LogP contribution in [0.25, 0.3) is 0 Å². The molecule has 3 nitrogen and oxygen atoms in total. The second-order valence-corrected chi connectivity index (χ2v) is 3.48. The van der Waals surface area contributed by atoms with E-state index in [1.165, 1.54) is 11.3 Å². The minimum absolute atomic E-state index is 0.0743. The van der Waals surface area contributed by atoms with Crippen LogP contribution < -0.4 is 0 Å². The fourth-order valence-electron chi connectivity index (χ4n) is 0.967. The molecule has 1 heterocycles. The largest absolute Gasteiger partial charge is 0.463 e. The van der Waals surface area contributed by atoms with Crippen molar-refractivity contribution in [1.82, 2.24) is 0 Å². The van der Waals surface area contributed by atoms with Crippen molar-refractivity contribution in [2.45, 2.75) is 13.0 Å². The predicted octanol–water partition coefficient (Wildman–Crippen LogP) is 1.90. The molecule has 0 saturated carbocycles. The van der Waals surface area contributed by atoms with Crippen LogP contribution in [-0.4, -0.2) is 17.7 Å². The Labute approximate surface area is 86.6 Å². The first kappa shape index (κ1) is 10.9. The first-order chi connectivity index (χ1) is 6.66. The lowest BCUT2D eigenvalue weighted by Gasteiger charge is -2.10. The Balaban J connectivity index is 2.66. The molecule has 0 spiro atoms. The van der Waals surface area contributed by atoms with Crippen molar-refractivity contribution >= 4 is 17.3 Å². The highest BCUT2D eigenvalue weighted by molar-refractivity contribution is 7.08. The summed E-state index contributed by atoms with van der Waals surface area (Å²) in [7, 11) is 0. The number of thiophene rings is 1. The van der Waals surface area contributed by atoms with E-state index in [9.17, 15) is 9.90 Å². The highest BCUT2D eigenvalue weighted by Gasteiger charge is 2.19. The average molecular weight is 212 g/mol. The molecular formula is C10H12O3S. The van der Waals surface area contributed by atoms with E-state index in [0.717, 1.165) is 0 Å². The SMILES string of the molecule is C=C(C(=O)OCC)[C@@H](O)c1ccsc1. The number of ether oxygens (including phenoxy) is 1. The van der Waals surface area contributed by atoms with E-state index in [0.29, 0.717) is 5.56 Å². The number of esters is 1. The summed E-state index contributed by atoms with van der Waals surface area (Å²) in [5, 5.41) is 13.3. The second kappa shape index (κ2) is 4.93. The van der Waals surface area contributed by atoms with Crippen LogP contribution in [0, 0.1) is 0 Å². The van der Waals surface area contributed by atoms with E-state index in [-0.39, 0.29) is 12.2 Å². The van der Waals surface area contributed by atoms with Gasteiger partial charge in [-0.3, -0.25) is 0 Å². The Morgan fingerprint density at radius 2 is 2.50 bits per heavy atom. The monoisotopic (exact) mass is 212 g/mol. The van der Waals surface area contributed by atoms with Crippen LogP contribution in [0.5, 0.6) is 0 Å². The Morgan fingerprint density at radius 3 is 3.00 bits per heavy atom. The zero-order valence-corrected chi connectivity index (χ0v) is 8.71. The number of carbonyl (C=O) groups excluding carboxylic acids is 1. The molecule has 14 heavy (non-hydrogen) atoms. The summed E-state index contributed by atoms with van der Waals surface area (Å²) in [6.07, 6.45) is -0.958. The Bertz CT molecular complexity index is 316. The van der Waals surface area contributed by atoms with Gasteiger partial charge in [0.1, 0.15) is 6.10 Å². The van der Waals surface area contributed by atoms with Gasteiger partial charge in [0.15, 0.2) is 0 Å². The summed E-state index contributed by atoms with van der Waals surface area (Å²) in [6.45, 7) is 5.51. The minimum atomic E-state index is -0.958. The highest BCUT2D eigenvalue weighted by atomic mass is 32.1. The first-order valence-electron chi connectivity index (χ1n) is 4.23. The molecular weight excluding hydrogens is 200 g/mol. The molecule has 0 aliphatic rings. The molecule has 0 saturated heterocycles. The summed E-state index contributed by atoms with van der Waals surface area (Å²) >= 11 is 1.46. The number of aliphatic hydroxyl groups excluding tert-OH is 1. The quantitative estimate of drug-likeness (QED) is 0.612. The van der Waals surface area contributed by atoms with Crippen LogP contribution in [0.2, 0.25) is 0 Å². The van der Waals surface area contributed by atoms with E-state index >= 15 is 0 Å². The van der Waals surface area contributed by atoms with Gasteiger partial charge in [0, 0.05) is 0 Å². The third kappa shape index (κ3) is 2.43. The lowest BCUT2D eigenvalue weighted by molar-refractivity contribution is -0.139. The van der Waals surface area contributed by atoms with Gasteiger partial charge in [0.2, 0.25) is 0 Å². The van der Waals surface area contributed by atoms with Gasteiger partial charge in [0.05, 0.1) is 12.2 Å². The van der Waals surface area contributed by atoms with Crippen LogP contribution in [0.1, 0.15) is 18.6 Å². The zero-order valence-electron chi connectivity index (χ0n) is 7.90. The standard InChI is InChI=1S/C10H12O3S/c1-3-13-10(12)7(2)9(11)8-4-5-14-6-8/h4-6,9,11H,2-3H2,1H3/t9-/m1/s1. The summed E-state index contributed by atoms with van der Waals surface area (Å²) in [6, 6.07) is 1.75. The fourth-order valence-corrected chi connectivity index (χ4v) is 1.65.